The molecule has 1 saturated heterocycles. The molecule has 2 aliphatic heterocycles. The van der Waals surface area contributed by atoms with E-state index in [0.717, 1.165) is 11.1 Å². The number of nitrogens with one attached hydrogen (secondary N) is 2. The van der Waals surface area contributed by atoms with Gasteiger partial charge in [-0.1, -0.05) is 50.2 Å². The number of hydrazine groups is 1. The number of carbonyl (C=O) groups excluding carboxylic acids is 2. The quantitative estimate of drug-likeness (QED) is 0.696. The first-order valence-corrected chi connectivity index (χ1v) is 11.0. The predicted molar refractivity (Wildman–Crippen MR) is 120 cm³/mol. The van der Waals surface area contributed by atoms with Crippen LogP contribution in [0.3, 0.4) is 0 Å². The van der Waals surface area contributed by atoms with Crippen molar-refractivity contribution >= 4 is 11.8 Å². The van der Waals surface area contributed by atoms with Crippen molar-refractivity contribution in [3.8, 4) is 0 Å². The summed E-state index contributed by atoms with van der Waals surface area (Å²) in [6.45, 7) is 5.10. The van der Waals surface area contributed by atoms with Gasteiger partial charge in [0.05, 0.1) is 6.04 Å². The van der Waals surface area contributed by atoms with Crippen LogP contribution in [0.25, 0.3) is 0 Å². The Kier molecular flexibility index (Phi) is 6.55. The van der Waals surface area contributed by atoms with E-state index in [1.165, 1.54) is 17.7 Å². The van der Waals surface area contributed by atoms with E-state index in [9.17, 15) is 14.0 Å². The average molecular weight is 437 g/mol. The SMILES string of the molecule is CC(C)c1ccc(CNC(=O)CCN2C=CN3NC(c4ccc(F)cc4)CC3C2=O)cc1. The summed E-state index contributed by atoms with van der Waals surface area (Å²) in [7, 11) is 0. The summed E-state index contributed by atoms with van der Waals surface area (Å²) in [5.74, 6) is 0.0696. The third-order valence-corrected chi connectivity index (χ3v) is 6.06. The van der Waals surface area contributed by atoms with E-state index in [1.807, 2.05) is 18.3 Å². The second-order valence-corrected chi connectivity index (χ2v) is 8.64. The van der Waals surface area contributed by atoms with Crippen LogP contribution in [0.5, 0.6) is 0 Å². The van der Waals surface area contributed by atoms with Gasteiger partial charge in [-0.25, -0.2) is 9.82 Å². The minimum Gasteiger partial charge on any atom is -0.352 e. The van der Waals surface area contributed by atoms with Crippen LogP contribution < -0.4 is 10.7 Å². The highest BCUT2D eigenvalue weighted by atomic mass is 19.1. The van der Waals surface area contributed by atoms with E-state index in [2.05, 4.69) is 36.7 Å². The van der Waals surface area contributed by atoms with E-state index in [1.54, 1.807) is 28.2 Å². The van der Waals surface area contributed by atoms with Crippen LogP contribution in [-0.4, -0.2) is 34.3 Å². The minimum atomic E-state index is -0.336. The van der Waals surface area contributed by atoms with Gasteiger partial charge in [0.25, 0.3) is 5.91 Å². The molecule has 2 atom stereocenters. The summed E-state index contributed by atoms with van der Waals surface area (Å²) in [5, 5.41) is 4.73. The van der Waals surface area contributed by atoms with Crippen LogP contribution >= 0.6 is 0 Å². The normalized spacial score (nSPS) is 20.1. The zero-order valence-corrected chi connectivity index (χ0v) is 18.4. The third-order valence-electron chi connectivity index (χ3n) is 6.06. The van der Waals surface area contributed by atoms with E-state index >= 15 is 0 Å². The van der Waals surface area contributed by atoms with Crippen molar-refractivity contribution in [1.29, 1.82) is 0 Å². The number of benzene rings is 2. The molecule has 2 aromatic carbocycles. The summed E-state index contributed by atoms with van der Waals surface area (Å²) >= 11 is 0. The monoisotopic (exact) mass is 436 g/mol. The Morgan fingerprint density at radius 1 is 1.12 bits per heavy atom. The smallest absolute Gasteiger partial charge is 0.250 e. The fourth-order valence-corrected chi connectivity index (χ4v) is 4.07. The molecule has 4 rings (SSSR count). The number of carbonyl (C=O) groups is 2. The summed E-state index contributed by atoms with van der Waals surface area (Å²) < 4.78 is 13.2. The Morgan fingerprint density at radius 3 is 2.53 bits per heavy atom. The number of amides is 2. The van der Waals surface area contributed by atoms with Gasteiger partial charge in [0.15, 0.2) is 0 Å². The maximum absolute atomic E-state index is 13.2. The second kappa shape index (κ2) is 9.53. The van der Waals surface area contributed by atoms with Crippen LogP contribution in [0.1, 0.15) is 55.3 Å². The number of hydrogen-bond acceptors (Lipinski definition) is 4. The van der Waals surface area contributed by atoms with Gasteiger partial charge in [0.1, 0.15) is 11.9 Å². The molecule has 0 aliphatic carbocycles. The predicted octanol–water partition coefficient (Wildman–Crippen LogP) is 3.59. The van der Waals surface area contributed by atoms with Gasteiger partial charge in [0.2, 0.25) is 5.91 Å². The molecule has 0 aromatic heterocycles. The molecule has 1 fully saturated rings. The van der Waals surface area contributed by atoms with Crippen molar-refractivity contribution < 1.29 is 14.0 Å². The van der Waals surface area contributed by atoms with Crippen LogP contribution in [0.4, 0.5) is 4.39 Å². The Morgan fingerprint density at radius 2 is 1.84 bits per heavy atom. The Balaban J connectivity index is 1.26. The van der Waals surface area contributed by atoms with E-state index < -0.39 is 0 Å². The van der Waals surface area contributed by atoms with Crippen LogP contribution in [0.15, 0.2) is 60.9 Å². The fraction of sp³-hybridized carbons (Fsp3) is 0.360. The molecule has 2 unspecified atom stereocenters. The van der Waals surface area contributed by atoms with Crippen LogP contribution in [-0.2, 0) is 16.1 Å². The first-order chi connectivity index (χ1) is 15.4. The van der Waals surface area contributed by atoms with Crippen molar-refractivity contribution in [1.82, 2.24) is 20.7 Å². The average Bonchev–Trinajstić information content (AvgIpc) is 3.23. The first kappa shape index (κ1) is 22.0. The van der Waals surface area contributed by atoms with Gasteiger partial charge in [-0.15, -0.1) is 0 Å². The maximum Gasteiger partial charge on any atom is 0.250 e. The fourth-order valence-electron chi connectivity index (χ4n) is 4.07. The molecular formula is C25H29FN4O2. The van der Waals surface area contributed by atoms with Gasteiger partial charge in [0, 0.05) is 31.9 Å². The van der Waals surface area contributed by atoms with Gasteiger partial charge in [-0.2, -0.15) is 0 Å². The highest BCUT2D eigenvalue weighted by Gasteiger charge is 2.39. The molecule has 2 aliphatic rings. The van der Waals surface area contributed by atoms with Crippen molar-refractivity contribution in [3.05, 3.63) is 83.4 Å². The topological polar surface area (TPSA) is 64.7 Å². The number of halogens is 1. The van der Waals surface area contributed by atoms with Crippen molar-refractivity contribution in [3.63, 3.8) is 0 Å². The highest BCUT2D eigenvalue weighted by molar-refractivity contribution is 5.85. The second-order valence-electron chi connectivity index (χ2n) is 8.64. The lowest BCUT2D eigenvalue weighted by atomic mass is 10.0. The molecule has 0 bridgehead atoms. The molecule has 6 nitrogen and oxygen atoms in total. The number of fused-ring (bicyclic) bond motifs is 1. The lowest BCUT2D eigenvalue weighted by molar-refractivity contribution is -0.134. The Bertz CT molecular complexity index is 988. The molecule has 168 valence electrons. The van der Waals surface area contributed by atoms with Gasteiger partial charge in [-0.3, -0.25) is 9.59 Å². The zero-order valence-electron chi connectivity index (χ0n) is 18.4. The summed E-state index contributed by atoms with van der Waals surface area (Å²) in [6.07, 6.45) is 4.35. The molecule has 0 spiro atoms. The third kappa shape index (κ3) is 4.99. The van der Waals surface area contributed by atoms with E-state index in [4.69, 9.17) is 0 Å². The molecule has 2 heterocycles. The minimum absolute atomic E-state index is 0.0401. The largest absolute Gasteiger partial charge is 0.352 e. The molecule has 0 radical (unpaired) electrons. The van der Waals surface area contributed by atoms with Gasteiger partial charge >= 0.3 is 0 Å². The van der Waals surface area contributed by atoms with Gasteiger partial charge in [-0.05, 0) is 41.2 Å². The number of nitrogens with zero attached hydrogens (tertiary/aromatic N) is 2. The lowest BCUT2D eigenvalue weighted by Crippen LogP contribution is -2.48. The first-order valence-electron chi connectivity index (χ1n) is 11.0. The van der Waals surface area contributed by atoms with Crippen LogP contribution in [0.2, 0.25) is 0 Å². The zero-order chi connectivity index (χ0) is 22.7. The molecule has 0 saturated carbocycles. The van der Waals surface area contributed by atoms with E-state index in [0.29, 0.717) is 25.4 Å². The summed E-state index contributed by atoms with van der Waals surface area (Å²) in [4.78, 5) is 26.8. The van der Waals surface area contributed by atoms with Crippen molar-refractivity contribution in [2.75, 3.05) is 6.54 Å². The highest BCUT2D eigenvalue weighted by Crippen LogP contribution is 2.30. The number of hydrogen-bond donors (Lipinski definition) is 2. The Hall–Kier alpha value is -3.19. The van der Waals surface area contributed by atoms with Crippen LogP contribution in [0, 0.1) is 5.82 Å². The maximum atomic E-state index is 13.2. The number of rotatable bonds is 7. The lowest BCUT2D eigenvalue weighted by Gasteiger charge is -2.31. The summed E-state index contributed by atoms with van der Waals surface area (Å²) in [6, 6.07) is 14.2. The molecule has 32 heavy (non-hydrogen) atoms. The standard InChI is InChI=1S/C25H29FN4O2/c1-17(2)19-5-3-18(4-6-19)16-27-24(31)11-12-29-13-14-30-23(25(29)32)15-22(28-30)20-7-9-21(26)10-8-20/h3-10,13-14,17,22-23,28H,11-12,15-16H2,1-2H3,(H,27,31). The molecule has 2 N–H and O–H groups in total. The van der Waals surface area contributed by atoms with E-state index in [-0.39, 0.29) is 36.1 Å². The molecular weight excluding hydrogens is 407 g/mol. The van der Waals surface area contributed by atoms with Gasteiger partial charge < -0.3 is 15.2 Å². The van der Waals surface area contributed by atoms with Crippen molar-refractivity contribution in [2.24, 2.45) is 0 Å². The summed E-state index contributed by atoms with van der Waals surface area (Å²) in [5.41, 5.74) is 6.55. The molecule has 7 heteroatoms. The Labute approximate surface area is 188 Å². The molecule has 2 aromatic rings. The van der Waals surface area contributed by atoms with Crippen molar-refractivity contribution in [2.45, 2.75) is 51.2 Å². The molecule has 2 amide bonds.